The molecule has 3 heterocycles. The zero-order valence-electron chi connectivity index (χ0n) is 15.9. The molecule has 2 aromatic rings. The molecule has 1 saturated heterocycles. The molecule has 0 N–H and O–H groups in total. The Balaban J connectivity index is 2.17. The maximum atomic E-state index is 12.7. The van der Waals surface area contributed by atoms with Gasteiger partial charge in [0.1, 0.15) is 5.82 Å². The molecule has 1 fully saturated rings. The minimum absolute atomic E-state index is 0.260. The first-order chi connectivity index (χ1) is 11.8. The van der Waals surface area contributed by atoms with Crippen LogP contribution in [0.3, 0.4) is 0 Å². The molecule has 1 aliphatic rings. The second-order valence-electron chi connectivity index (χ2n) is 7.73. The van der Waals surface area contributed by atoms with Crippen LogP contribution < -0.4 is 11.2 Å². The first-order valence-corrected chi connectivity index (χ1v) is 9.20. The number of hydrogen-bond donors (Lipinski definition) is 0. The fourth-order valence-electron chi connectivity index (χ4n) is 3.75. The molecular formula is C18H29N5O2. The van der Waals surface area contributed by atoms with Crippen molar-refractivity contribution in [2.75, 3.05) is 6.54 Å². The Morgan fingerprint density at radius 2 is 1.88 bits per heavy atom. The maximum Gasteiger partial charge on any atom is 0.332 e. The van der Waals surface area contributed by atoms with Gasteiger partial charge < -0.3 is 4.57 Å². The van der Waals surface area contributed by atoms with Crippen LogP contribution in [0.15, 0.2) is 9.59 Å². The fourth-order valence-corrected chi connectivity index (χ4v) is 3.75. The van der Waals surface area contributed by atoms with E-state index in [9.17, 15) is 9.59 Å². The minimum Gasteiger partial charge on any atom is -0.321 e. The van der Waals surface area contributed by atoms with Gasteiger partial charge in [-0.05, 0) is 32.2 Å². The van der Waals surface area contributed by atoms with Gasteiger partial charge >= 0.3 is 5.69 Å². The average Bonchev–Trinajstić information content (AvgIpc) is 2.91. The molecule has 7 nitrogen and oxygen atoms in total. The van der Waals surface area contributed by atoms with E-state index in [1.54, 1.807) is 7.05 Å². The number of nitrogens with zero attached hydrogens (tertiary/aromatic N) is 5. The molecule has 0 spiro atoms. The van der Waals surface area contributed by atoms with E-state index in [-0.39, 0.29) is 11.2 Å². The summed E-state index contributed by atoms with van der Waals surface area (Å²) in [6, 6.07) is 0.521. The highest BCUT2D eigenvalue weighted by atomic mass is 16.2. The van der Waals surface area contributed by atoms with Crippen molar-refractivity contribution >= 4 is 11.2 Å². The topological polar surface area (TPSA) is 65.1 Å². The number of fused-ring (bicyclic) bond motifs is 1. The second kappa shape index (κ2) is 6.78. The third-order valence-electron chi connectivity index (χ3n) is 5.26. The van der Waals surface area contributed by atoms with Crippen LogP contribution >= 0.6 is 0 Å². The maximum absolute atomic E-state index is 12.7. The summed E-state index contributed by atoms with van der Waals surface area (Å²) >= 11 is 0. The van der Waals surface area contributed by atoms with Crippen molar-refractivity contribution in [1.29, 1.82) is 0 Å². The van der Waals surface area contributed by atoms with Crippen LogP contribution in [0.25, 0.3) is 11.2 Å². The standard InChI is InChI=1S/C18H29N5O2/c1-12(2)10-23-14(11-22-9-7-6-8-13(22)3)19-16-15(23)17(24)21(5)18(25)20(16)4/h12-13H,6-11H2,1-5H3/t13-/m0/s1. The fraction of sp³-hybridized carbons (Fsp3) is 0.722. The Hall–Kier alpha value is -1.89. The van der Waals surface area contributed by atoms with Crippen molar-refractivity contribution < 1.29 is 0 Å². The molecule has 0 radical (unpaired) electrons. The van der Waals surface area contributed by atoms with Gasteiger partial charge in [-0.15, -0.1) is 0 Å². The second-order valence-corrected chi connectivity index (χ2v) is 7.73. The van der Waals surface area contributed by atoms with E-state index in [1.807, 2.05) is 4.57 Å². The third kappa shape index (κ3) is 3.17. The Bertz CT molecular complexity index is 889. The first kappa shape index (κ1) is 17.9. The van der Waals surface area contributed by atoms with Crippen molar-refractivity contribution in [2.24, 2.45) is 20.0 Å². The first-order valence-electron chi connectivity index (χ1n) is 9.20. The van der Waals surface area contributed by atoms with Gasteiger partial charge in [-0.1, -0.05) is 20.3 Å². The molecule has 138 valence electrons. The zero-order chi connectivity index (χ0) is 18.3. The van der Waals surface area contributed by atoms with Crippen molar-refractivity contribution in [3.63, 3.8) is 0 Å². The predicted molar refractivity (Wildman–Crippen MR) is 98.8 cm³/mol. The molecule has 1 atom stereocenters. The molecule has 0 aliphatic carbocycles. The van der Waals surface area contributed by atoms with Crippen molar-refractivity contribution in [3.05, 3.63) is 26.7 Å². The van der Waals surface area contributed by atoms with Gasteiger partial charge in [0.2, 0.25) is 0 Å². The Kier molecular flexibility index (Phi) is 4.86. The lowest BCUT2D eigenvalue weighted by molar-refractivity contribution is 0.147. The largest absolute Gasteiger partial charge is 0.332 e. The van der Waals surface area contributed by atoms with Crippen LogP contribution in [0, 0.1) is 5.92 Å². The number of imidazole rings is 1. The van der Waals surface area contributed by atoms with Crippen LogP contribution in [0.2, 0.25) is 0 Å². The lowest BCUT2D eigenvalue weighted by Gasteiger charge is -2.33. The number of aromatic nitrogens is 4. The van der Waals surface area contributed by atoms with E-state index >= 15 is 0 Å². The number of hydrogen-bond acceptors (Lipinski definition) is 4. The molecule has 0 amide bonds. The molecule has 25 heavy (non-hydrogen) atoms. The summed E-state index contributed by atoms with van der Waals surface area (Å²) in [5.74, 6) is 1.27. The summed E-state index contributed by atoms with van der Waals surface area (Å²) in [6.45, 7) is 9.02. The summed E-state index contributed by atoms with van der Waals surface area (Å²) in [6.07, 6.45) is 3.68. The SMILES string of the molecule is CC(C)Cn1c(CN2CCCC[C@@H]2C)nc2c1c(=O)n(C)c(=O)n2C. The lowest BCUT2D eigenvalue weighted by atomic mass is 10.0. The van der Waals surface area contributed by atoms with E-state index in [0.717, 1.165) is 25.5 Å². The van der Waals surface area contributed by atoms with Crippen LogP contribution in [-0.4, -0.2) is 36.2 Å². The van der Waals surface area contributed by atoms with Crippen LogP contribution in [0.4, 0.5) is 0 Å². The summed E-state index contributed by atoms with van der Waals surface area (Å²) in [7, 11) is 3.22. The van der Waals surface area contributed by atoms with Gasteiger partial charge in [0.25, 0.3) is 5.56 Å². The Morgan fingerprint density at radius 3 is 2.52 bits per heavy atom. The van der Waals surface area contributed by atoms with Gasteiger partial charge in [-0.2, -0.15) is 0 Å². The van der Waals surface area contributed by atoms with E-state index < -0.39 is 0 Å². The Labute approximate surface area is 147 Å². The minimum atomic E-state index is -0.329. The van der Waals surface area contributed by atoms with Crippen LogP contribution in [0.1, 0.15) is 45.9 Å². The average molecular weight is 347 g/mol. The smallest absolute Gasteiger partial charge is 0.321 e. The Morgan fingerprint density at radius 1 is 1.16 bits per heavy atom. The number of likely N-dealkylation sites (tertiary alicyclic amines) is 1. The normalized spacial score (nSPS) is 19.2. The van der Waals surface area contributed by atoms with E-state index in [4.69, 9.17) is 4.98 Å². The highest BCUT2D eigenvalue weighted by Gasteiger charge is 2.24. The van der Waals surface area contributed by atoms with E-state index in [2.05, 4.69) is 25.7 Å². The van der Waals surface area contributed by atoms with Gasteiger partial charge in [0.15, 0.2) is 11.2 Å². The van der Waals surface area contributed by atoms with Gasteiger partial charge in [0, 0.05) is 26.7 Å². The summed E-state index contributed by atoms with van der Waals surface area (Å²) in [5.41, 5.74) is 0.445. The summed E-state index contributed by atoms with van der Waals surface area (Å²) in [4.78, 5) is 32.2. The van der Waals surface area contributed by atoms with Crippen molar-refractivity contribution in [2.45, 2.75) is 59.2 Å². The monoisotopic (exact) mass is 347 g/mol. The van der Waals surface area contributed by atoms with Gasteiger partial charge in [-0.3, -0.25) is 18.8 Å². The lowest BCUT2D eigenvalue weighted by Crippen LogP contribution is -2.38. The zero-order valence-corrected chi connectivity index (χ0v) is 15.9. The molecular weight excluding hydrogens is 318 g/mol. The number of aryl methyl sites for hydroxylation is 1. The molecule has 0 aromatic carbocycles. The summed E-state index contributed by atoms with van der Waals surface area (Å²) < 4.78 is 4.69. The molecule has 0 saturated carbocycles. The van der Waals surface area contributed by atoms with Crippen LogP contribution in [-0.2, 0) is 27.2 Å². The van der Waals surface area contributed by atoms with E-state index in [0.29, 0.717) is 23.1 Å². The predicted octanol–water partition coefficient (Wildman–Crippen LogP) is 1.46. The summed E-state index contributed by atoms with van der Waals surface area (Å²) in [5, 5.41) is 0. The number of rotatable bonds is 4. The number of piperidine rings is 1. The van der Waals surface area contributed by atoms with E-state index in [1.165, 1.54) is 35.4 Å². The van der Waals surface area contributed by atoms with Crippen LogP contribution in [0.5, 0.6) is 0 Å². The highest BCUT2D eigenvalue weighted by Crippen LogP contribution is 2.21. The molecule has 2 aromatic heterocycles. The van der Waals surface area contributed by atoms with Gasteiger partial charge in [0.05, 0.1) is 6.54 Å². The molecule has 1 aliphatic heterocycles. The van der Waals surface area contributed by atoms with Crippen molar-refractivity contribution in [1.82, 2.24) is 23.6 Å². The highest BCUT2D eigenvalue weighted by molar-refractivity contribution is 5.71. The quantitative estimate of drug-likeness (QED) is 0.840. The van der Waals surface area contributed by atoms with Crippen molar-refractivity contribution in [3.8, 4) is 0 Å². The molecule has 0 unspecified atom stereocenters. The molecule has 7 heteroatoms. The van der Waals surface area contributed by atoms with Gasteiger partial charge in [-0.25, -0.2) is 9.78 Å². The third-order valence-corrected chi connectivity index (χ3v) is 5.26. The molecule has 0 bridgehead atoms. The molecule has 3 rings (SSSR count).